The van der Waals surface area contributed by atoms with Crippen LogP contribution in [0.4, 0.5) is 0 Å². The zero-order valence-corrected chi connectivity index (χ0v) is 11.3. The number of rotatable bonds is 2. The number of benzene rings is 1. The number of carbonyl (C=O) groups is 1. The van der Waals surface area contributed by atoms with E-state index in [0.29, 0.717) is 21.3 Å². The number of aromatic nitrogens is 1. The summed E-state index contributed by atoms with van der Waals surface area (Å²) >= 11 is 1.28. The molecule has 0 aliphatic carbocycles. The zero-order chi connectivity index (χ0) is 13.4. The Morgan fingerprint density at radius 3 is 2.89 bits per heavy atom. The number of hydrogen-bond donors (Lipinski definition) is 0. The SMILES string of the molecule is COC(=O)c1sc(-c2cc3ccccc3o2)nc1C. The highest BCUT2D eigenvalue weighted by Crippen LogP contribution is 2.32. The molecule has 0 fully saturated rings. The summed E-state index contributed by atoms with van der Waals surface area (Å²) in [5.41, 5.74) is 1.47. The first-order chi connectivity index (χ1) is 9.19. The highest BCUT2D eigenvalue weighted by atomic mass is 32.1. The molecule has 2 aromatic heterocycles. The second kappa shape index (κ2) is 4.51. The van der Waals surface area contributed by atoms with E-state index in [1.165, 1.54) is 18.4 Å². The highest BCUT2D eigenvalue weighted by Gasteiger charge is 2.18. The number of ether oxygens (including phenoxy) is 1. The fraction of sp³-hybridized carbons (Fsp3) is 0.143. The van der Waals surface area contributed by atoms with Crippen molar-refractivity contribution in [2.45, 2.75) is 6.92 Å². The topological polar surface area (TPSA) is 52.3 Å². The van der Waals surface area contributed by atoms with Crippen molar-refractivity contribution in [1.82, 2.24) is 4.98 Å². The molecule has 96 valence electrons. The van der Waals surface area contributed by atoms with Crippen LogP contribution in [-0.2, 0) is 4.74 Å². The lowest BCUT2D eigenvalue weighted by Gasteiger charge is -1.93. The normalized spacial score (nSPS) is 10.8. The monoisotopic (exact) mass is 273 g/mol. The maximum absolute atomic E-state index is 11.6. The molecule has 1 aromatic carbocycles. The van der Waals surface area contributed by atoms with Crippen LogP contribution in [0.2, 0.25) is 0 Å². The molecule has 0 bridgehead atoms. The lowest BCUT2D eigenvalue weighted by molar-refractivity contribution is 0.0605. The van der Waals surface area contributed by atoms with Crippen molar-refractivity contribution >= 4 is 28.3 Å². The summed E-state index contributed by atoms with van der Waals surface area (Å²) in [5, 5.41) is 1.71. The van der Waals surface area contributed by atoms with E-state index in [4.69, 9.17) is 9.15 Å². The Hall–Kier alpha value is -2.14. The van der Waals surface area contributed by atoms with Gasteiger partial charge in [0.25, 0.3) is 0 Å². The van der Waals surface area contributed by atoms with E-state index in [0.717, 1.165) is 11.0 Å². The highest BCUT2D eigenvalue weighted by molar-refractivity contribution is 7.17. The molecule has 0 aliphatic rings. The first kappa shape index (κ1) is 11.9. The van der Waals surface area contributed by atoms with Crippen LogP contribution in [0.5, 0.6) is 0 Å². The van der Waals surface area contributed by atoms with Gasteiger partial charge >= 0.3 is 5.97 Å². The van der Waals surface area contributed by atoms with Crippen molar-refractivity contribution in [2.24, 2.45) is 0 Å². The van der Waals surface area contributed by atoms with E-state index in [9.17, 15) is 4.79 Å². The van der Waals surface area contributed by atoms with Crippen molar-refractivity contribution < 1.29 is 13.9 Å². The molecule has 2 heterocycles. The van der Waals surface area contributed by atoms with Gasteiger partial charge in [-0.15, -0.1) is 11.3 Å². The second-order valence-electron chi connectivity index (χ2n) is 4.07. The second-order valence-corrected chi connectivity index (χ2v) is 5.07. The van der Waals surface area contributed by atoms with Crippen molar-refractivity contribution in [2.75, 3.05) is 7.11 Å². The van der Waals surface area contributed by atoms with Crippen molar-refractivity contribution in [3.63, 3.8) is 0 Å². The molecule has 5 heteroatoms. The van der Waals surface area contributed by atoms with E-state index < -0.39 is 0 Å². The van der Waals surface area contributed by atoms with Gasteiger partial charge in [-0.3, -0.25) is 0 Å². The van der Waals surface area contributed by atoms with Gasteiger partial charge in [-0.2, -0.15) is 0 Å². The largest absolute Gasteiger partial charge is 0.465 e. The molecule has 0 atom stereocenters. The number of carbonyl (C=O) groups excluding carboxylic acids is 1. The van der Waals surface area contributed by atoms with Crippen LogP contribution in [0.3, 0.4) is 0 Å². The van der Waals surface area contributed by atoms with Gasteiger partial charge in [0, 0.05) is 5.39 Å². The van der Waals surface area contributed by atoms with Crippen LogP contribution in [-0.4, -0.2) is 18.1 Å². The number of thiazole rings is 1. The Bertz CT molecular complexity index is 724. The number of nitrogens with zero attached hydrogens (tertiary/aromatic N) is 1. The molecule has 0 aliphatic heterocycles. The summed E-state index contributed by atoms with van der Waals surface area (Å²) < 4.78 is 10.5. The lowest BCUT2D eigenvalue weighted by Crippen LogP contribution is -1.99. The Labute approximate surface area is 113 Å². The predicted octanol–water partition coefficient (Wildman–Crippen LogP) is 3.65. The number of furan rings is 1. The summed E-state index contributed by atoms with van der Waals surface area (Å²) in [6, 6.07) is 9.68. The molecular weight excluding hydrogens is 262 g/mol. The van der Waals surface area contributed by atoms with E-state index in [-0.39, 0.29) is 5.97 Å². The number of para-hydroxylation sites is 1. The number of hydrogen-bond acceptors (Lipinski definition) is 5. The molecule has 0 saturated carbocycles. The molecule has 0 spiro atoms. The summed E-state index contributed by atoms with van der Waals surface area (Å²) in [7, 11) is 1.36. The minimum atomic E-state index is -0.364. The third-order valence-corrected chi connectivity index (χ3v) is 3.96. The van der Waals surface area contributed by atoms with Crippen LogP contribution < -0.4 is 0 Å². The van der Waals surface area contributed by atoms with Crippen LogP contribution in [0.1, 0.15) is 15.4 Å². The first-order valence-corrected chi connectivity index (χ1v) is 6.55. The number of methoxy groups -OCH3 is 1. The average molecular weight is 273 g/mol. The van der Waals surface area contributed by atoms with Gasteiger partial charge in [0.05, 0.1) is 12.8 Å². The number of aryl methyl sites for hydroxylation is 1. The molecule has 0 unspecified atom stereocenters. The summed E-state index contributed by atoms with van der Waals surface area (Å²) in [5.74, 6) is 0.307. The van der Waals surface area contributed by atoms with Crippen LogP contribution in [0.25, 0.3) is 21.7 Å². The minimum absolute atomic E-state index is 0.364. The molecule has 4 nitrogen and oxygen atoms in total. The number of fused-ring (bicyclic) bond motifs is 1. The Morgan fingerprint density at radius 2 is 2.16 bits per heavy atom. The van der Waals surface area contributed by atoms with Crippen molar-refractivity contribution in [1.29, 1.82) is 0 Å². The standard InChI is InChI=1S/C14H11NO3S/c1-8-12(14(16)17-2)19-13(15-8)11-7-9-5-3-4-6-10(9)18-11/h3-7H,1-2H3. The fourth-order valence-electron chi connectivity index (χ4n) is 1.87. The van der Waals surface area contributed by atoms with Gasteiger partial charge < -0.3 is 9.15 Å². The van der Waals surface area contributed by atoms with Crippen LogP contribution >= 0.6 is 11.3 Å². The summed E-state index contributed by atoms with van der Waals surface area (Å²) in [4.78, 5) is 16.4. The Balaban J connectivity index is 2.09. The van der Waals surface area contributed by atoms with E-state index >= 15 is 0 Å². The van der Waals surface area contributed by atoms with E-state index in [1.807, 2.05) is 30.3 Å². The summed E-state index contributed by atoms with van der Waals surface area (Å²) in [6.45, 7) is 1.79. The van der Waals surface area contributed by atoms with Crippen molar-refractivity contribution in [3.8, 4) is 10.8 Å². The molecule has 0 radical (unpaired) electrons. The third kappa shape index (κ3) is 2.02. The quantitative estimate of drug-likeness (QED) is 0.669. The first-order valence-electron chi connectivity index (χ1n) is 5.73. The van der Waals surface area contributed by atoms with Gasteiger partial charge in [-0.25, -0.2) is 9.78 Å². The molecule has 0 amide bonds. The molecule has 3 aromatic rings. The van der Waals surface area contributed by atoms with Crippen molar-refractivity contribution in [3.05, 3.63) is 40.9 Å². The van der Waals surface area contributed by atoms with E-state index in [1.54, 1.807) is 6.92 Å². The molecule has 19 heavy (non-hydrogen) atoms. The van der Waals surface area contributed by atoms with Gasteiger partial charge in [0.1, 0.15) is 10.5 Å². The van der Waals surface area contributed by atoms with E-state index in [2.05, 4.69) is 4.98 Å². The summed E-state index contributed by atoms with van der Waals surface area (Å²) in [6.07, 6.45) is 0. The van der Waals surface area contributed by atoms with Crippen LogP contribution in [0, 0.1) is 6.92 Å². The molecule has 0 saturated heterocycles. The Kier molecular flexibility index (Phi) is 2.83. The maximum Gasteiger partial charge on any atom is 0.349 e. The molecule has 0 N–H and O–H groups in total. The third-order valence-electron chi connectivity index (χ3n) is 2.80. The molecular formula is C14H11NO3S. The minimum Gasteiger partial charge on any atom is -0.465 e. The van der Waals surface area contributed by atoms with Gasteiger partial charge in [-0.1, -0.05) is 18.2 Å². The lowest BCUT2D eigenvalue weighted by atomic mass is 10.2. The molecule has 3 rings (SSSR count). The van der Waals surface area contributed by atoms with Gasteiger partial charge in [0.15, 0.2) is 10.8 Å². The van der Waals surface area contributed by atoms with Gasteiger partial charge in [0.2, 0.25) is 0 Å². The fourth-order valence-corrected chi connectivity index (χ4v) is 2.81. The maximum atomic E-state index is 11.6. The van der Waals surface area contributed by atoms with Crippen LogP contribution in [0.15, 0.2) is 34.7 Å². The zero-order valence-electron chi connectivity index (χ0n) is 10.5. The average Bonchev–Trinajstić information content (AvgIpc) is 3.00. The smallest absolute Gasteiger partial charge is 0.349 e. The predicted molar refractivity (Wildman–Crippen MR) is 73.4 cm³/mol. The number of esters is 1. The van der Waals surface area contributed by atoms with Gasteiger partial charge in [-0.05, 0) is 19.1 Å². The Morgan fingerprint density at radius 1 is 1.37 bits per heavy atom.